The van der Waals surface area contributed by atoms with E-state index in [1.165, 1.54) is 38.5 Å². The Balaban J connectivity index is 2.39. The molecule has 14 heavy (non-hydrogen) atoms. The second-order valence-corrected chi connectivity index (χ2v) is 4.72. The molecular weight excluding hydrogens is 172 g/mol. The van der Waals surface area contributed by atoms with Crippen molar-refractivity contribution in [2.24, 2.45) is 11.8 Å². The van der Waals surface area contributed by atoms with Gasteiger partial charge in [0.15, 0.2) is 0 Å². The van der Waals surface area contributed by atoms with Crippen molar-refractivity contribution in [2.75, 3.05) is 0 Å². The molecule has 0 radical (unpaired) electrons. The minimum atomic E-state index is 0.428. The average Bonchev–Trinajstić information content (AvgIpc) is 2.20. The van der Waals surface area contributed by atoms with Crippen molar-refractivity contribution in [3.63, 3.8) is 0 Å². The van der Waals surface area contributed by atoms with Gasteiger partial charge in [0.2, 0.25) is 0 Å². The second kappa shape index (κ2) is 6.20. The van der Waals surface area contributed by atoms with Gasteiger partial charge >= 0.3 is 0 Å². The maximum atomic E-state index is 5.60. The number of hydrogen-bond acceptors (Lipinski definition) is 2. The monoisotopic (exact) mass is 196 g/mol. The normalized spacial score (nSPS) is 19.6. The highest BCUT2D eigenvalue weighted by atomic mass is 15.2. The first-order valence-corrected chi connectivity index (χ1v) is 5.89. The highest BCUT2D eigenvalue weighted by Crippen LogP contribution is 2.23. The van der Waals surface area contributed by atoms with Crippen molar-refractivity contribution in [3.8, 4) is 0 Å². The van der Waals surface area contributed by atoms with Crippen LogP contribution >= 0.6 is 0 Å². The van der Waals surface area contributed by atoms with Crippen LogP contribution in [0.1, 0.15) is 52.4 Å². The second-order valence-electron chi connectivity index (χ2n) is 4.72. The Hall–Kier alpha value is -0.340. The molecule has 0 saturated carbocycles. The third-order valence-electron chi connectivity index (χ3n) is 3.01. The predicted molar refractivity (Wildman–Crippen MR) is 61.7 cm³/mol. The van der Waals surface area contributed by atoms with E-state index in [2.05, 4.69) is 25.3 Å². The molecule has 2 nitrogen and oxygen atoms in total. The predicted octanol–water partition coefficient (Wildman–Crippen LogP) is 2.75. The van der Waals surface area contributed by atoms with Crippen LogP contribution in [-0.4, -0.2) is 6.04 Å². The van der Waals surface area contributed by atoms with Crippen LogP contribution < -0.4 is 11.3 Å². The van der Waals surface area contributed by atoms with E-state index in [9.17, 15) is 0 Å². The van der Waals surface area contributed by atoms with Crippen molar-refractivity contribution in [3.05, 3.63) is 11.6 Å². The number of nitrogens with two attached hydrogens (primary N) is 1. The molecule has 2 heteroatoms. The molecular formula is C12H24N2. The van der Waals surface area contributed by atoms with E-state index in [4.69, 9.17) is 5.84 Å². The van der Waals surface area contributed by atoms with E-state index in [0.717, 1.165) is 5.92 Å². The Morgan fingerprint density at radius 1 is 1.36 bits per heavy atom. The van der Waals surface area contributed by atoms with E-state index in [1.807, 2.05) is 0 Å². The van der Waals surface area contributed by atoms with Crippen LogP contribution in [0.5, 0.6) is 0 Å². The smallest absolute Gasteiger partial charge is 0.0419 e. The fraction of sp³-hybridized carbons (Fsp3) is 0.833. The minimum absolute atomic E-state index is 0.428. The van der Waals surface area contributed by atoms with E-state index in [0.29, 0.717) is 6.04 Å². The van der Waals surface area contributed by atoms with Gasteiger partial charge in [-0.25, -0.2) is 0 Å². The molecule has 0 amide bonds. The lowest BCUT2D eigenvalue weighted by Gasteiger charge is -2.23. The first-order chi connectivity index (χ1) is 6.74. The molecule has 0 bridgehead atoms. The number of hydrazine groups is 1. The first kappa shape index (κ1) is 11.7. The Kier molecular flexibility index (Phi) is 5.20. The molecule has 0 aromatic heterocycles. The van der Waals surface area contributed by atoms with Crippen LogP contribution in [0.2, 0.25) is 0 Å². The lowest BCUT2D eigenvalue weighted by molar-refractivity contribution is 0.456. The van der Waals surface area contributed by atoms with Crippen LogP contribution in [0.15, 0.2) is 11.6 Å². The third-order valence-corrected chi connectivity index (χ3v) is 3.01. The van der Waals surface area contributed by atoms with E-state index in [1.54, 1.807) is 5.57 Å². The first-order valence-electron chi connectivity index (χ1n) is 5.89. The van der Waals surface area contributed by atoms with Gasteiger partial charge in [-0.15, -0.1) is 0 Å². The Morgan fingerprint density at radius 2 is 2.14 bits per heavy atom. The third kappa shape index (κ3) is 3.81. The molecule has 1 aliphatic rings. The zero-order chi connectivity index (χ0) is 10.4. The van der Waals surface area contributed by atoms with Crippen molar-refractivity contribution in [2.45, 2.75) is 58.4 Å². The molecule has 3 N–H and O–H groups in total. The molecule has 0 saturated heterocycles. The van der Waals surface area contributed by atoms with Crippen LogP contribution in [-0.2, 0) is 0 Å². The largest absolute Gasteiger partial charge is 0.271 e. The number of hydrogen-bond donors (Lipinski definition) is 2. The summed E-state index contributed by atoms with van der Waals surface area (Å²) in [5.41, 5.74) is 4.50. The summed E-state index contributed by atoms with van der Waals surface area (Å²) < 4.78 is 0. The quantitative estimate of drug-likeness (QED) is 0.403. The standard InChI is InChI=1S/C12H24N2/c1-10(2)8-9-12(14-13)11-6-4-3-5-7-11/h6,10,12,14H,3-5,7-9,13H2,1-2H3. The van der Waals surface area contributed by atoms with Gasteiger partial charge in [-0.1, -0.05) is 25.5 Å². The number of rotatable bonds is 5. The van der Waals surface area contributed by atoms with Gasteiger partial charge in [0.05, 0.1) is 0 Å². The van der Waals surface area contributed by atoms with Gasteiger partial charge in [-0.2, -0.15) is 0 Å². The molecule has 0 aromatic rings. The maximum absolute atomic E-state index is 5.60. The minimum Gasteiger partial charge on any atom is -0.271 e. The molecule has 1 rings (SSSR count). The molecule has 1 unspecified atom stereocenters. The van der Waals surface area contributed by atoms with E-state index < -0.39 is 0 Å². The van der Waals surface area contributed by atoms with E-state index >= 15 is 0 Å². The van der Waals surface area contributed by atoms with Crippen molar-refractivity contribution in [1.29, 1.82) is 0 Å². The summed E-state index contributed by atoms with van der Waals surface area (Å²) in [5, 5.41) is 0. The summed E-state index contributed by atoms with van der Waals surface area (Å²) >= 11 is 0. The average molecular weight is 196 g/mol. The Bertz CT molecular complexity index is 185. The molecule has 82 valence electrons. The topological polar surface area (TPSA) is 38.0 Å². The summed E-state index contributed by atoms with van der Waals surface area (Å²) in [6.45, 7) is 4.53. The van der Waals surface area contributed by atoms with Crippen LogP contribution in [0.25, 0.3) is 0 Å². The summed E-state index contributed by atoms with van der Waals surface area (Å²) in [6.07, 6.45) is 10.00. The fourth-order valence-corrected chi connectivity index (χ4v) is 2.06. The van der Waals surface area contributed by atoms with Crippen molar-refractivity contribution < 1.29 is 0 Å². The van der Waals surface area contributed by atoms with Gasteiger partial charge < -0.3 is 0 Å². The lowest BCUT2D eigenvalue weighted by atomic mass is 9.90. The molecule has 0 heterocycles. The summed E-state index contributed by atoms with van der Waals surface area (Å²) in [6, 6.07) is 0.428. The molecule has 1 atom stereocenters. The van der Waals surface area contributed by atoms with Crippen LogP contribution in [0, 0.1) is 5.92 Å². The lowest BCUT2D eigenvalue weighted by Crippen LogP contribution is -2.37. The highest BCUT2D eigenvalue weighted by Gasteiger charge is 2.14. The zero-order valence-corrected chi connectivity index (χ0v) is 9.55. The maximum Gasteiger partial charge on any atom is 0.0419 e. The Morgan fingerprint density at radius 3 is 2.64 bits per heavy atom. The highest BCUT2D eigenvalue weighted by molar-refractivity contribution is 5.12. The van der Waals surface area contributed by atoms with E-state index in [-0.39, 0.29) is 0 Å². The zero-order valence-electron chi connectivity index (χ0n) is 9.55. The van der Waals surface area contributed by atoms with Gasteiger partial charge in [-0.05, 0) is 44.4 Å². The summed E-state index contributed by atoms with van der Waals surface area (Å²) in [7, 11) is 0. The summed E-state index contributed by atoms with van der Waals surface area (Å²) in [5.74, 6) is 6.37. The molecule has 1 aliphatic carbocycles. The SMILES string of the molecule is CC(C)CCC(NN)C1=CCCCC1. The van der Waals surface area contributed by atoms with Crippen molar-refractivity contribution in [1.82, 2.24) is 5.43 Å². The van der Waals surface area contributed by atoms with Crippen LogP contribution in [0.4, 0.5) is 0 Å². The van der Waals surface area contributed by atoms with Gasteiger partial charge in [0, 0.05) is 6.04 Å². The van der Waals surface area contributed by atoms with Crippen molar-refractivity contribution >= 4 is 0 Å². The summed E-state index contributed by atoms with van der Waals surface area (Å²) in [4.78, 5) is 0. The fourth-order valence-electron chi connectivity index (χ4n) is 2.06. The van der Waals surface area contributed by atoms with Gasteiger partial charge in [0.1, 0.15) is 0 Å². The Labute approximate surface area is 87.9 Å². The van der Waals surface area contributed by atoms with Gasteiger partial charge in [-0.3, -0.25) is 11.3 Å². The molecule has 0 aromatic carbocycles. The molecule has 0 aliphatic heterocycles. The molecule has 0 fully saturated rings. The number of nitrogens with one attached hydrogen (secondary N) is 1. The van der Waals surface area contributed by atoms with Crippen LogP contribution in [0.3, 0.4) is 0 Å². The number of allylic oxidation sites excluding steroid dienone is 1. The molecule has 0 spiro atoms. The van der Waals surface area contributed by atoms with Gasteiger partial charge in [0.25, 0.3) is 0 Å².